The maximum Gasteiger partial charge on any atom is 0.133 e. The van der Waals surface area contributed by atoms with Crippen LogP contribution in [-0.2, 0) is 6.54 Å². The molecule has 2 aromatic heterocycles. The molecule has 0 aliphatic carbocycles. The van der Waals surface area contributed by atoms with E-state index in [0.29, 0.717) is 6.54 Å². The molecule has 3 nitrogen and oxygen atoms in total. The van der Waals surface area contributed by atoms with Crippen LogP contribution in [0.1, 0.15) is 31.6 Å². The molecule has 2 aromatic rings. The van der Waals surface area contributed by atoms with Crippen LogP contribution in [0.2, 0.25) is 0 Å². The summed E-state index contributed by atoms with van der Waals surface area (Å²) < 4.78 is 0. The lowest BCUT2D eigenvalue weighted by Crippen LogP contribution is -2.39. The Morgan fingerprint density at radius 1 is 1.37 bits per heavy atom. The van der Waals surface area contributed by atoms with E-state index in [0.717, 1.165) is 24.4 Å². The third-order valence-corrected chi connectivity index (χ3v) is 5.39. The van der Waals surface area contributed by atoms with Crippen molar-refractivity contribution < 1.29 is 5.11 Å². The van der Waals surface area contributed by atoms with Gasteiger partial charge in [0.05, 0.1) is 10.5 Å². The number of rotatable bonds is 7. The lowest BCUT2D eigenvalue weighted by Gasteiger charge is -2.25. The molecule has 0 radical (unpaired) electrons. The van der Waals surface area contributed by atoms with Crippen LogP contribution in [0, 0.1) is 0 Å². The van der Waals surface area contributed by atoms with Crippen molar-refractivity contribution >= 4 is 22.7 Å². The first-order valence-electron chi connectivity index (χ1n) is 6.58. The quantitative estimate of drug-likeness (QED) is 0.822. The Hall–Kier alpha value is -0.750. The van der Waals surface area contributed by atoms with Gasteiger partial charge >= 0.3 is 0 Å². The first-order chi connectivity index (χ1) is 9.17. The van der Waals surface area contributed by atoms with Crippen LogP contribution in [0.25, 0.3) is 9.88 Å². The molecule has 0 bridgehead atoms. The van der Waals surface area contributed by atoms with Crippen molar-refractivity contribution in [3.05, 3.63) is 28.6 Å². The summed E-state index contributed by atoms with van der Waals surface area (Å²) >= 11 is 3.42. The van der Waals surface area contributed by atoms with Crippen LogP contribution < -0.4 is 5.32 Å². The topological polar surface area (TPSA) is 45.1 Å². The molecule has 2 heterocycles. The molecule has 0 aromatic carbocycles. The standard InChI is InChI=1S/C14H20N2OS2/c1-3-14(17,4-2)10-15-8-11-9-16-13(19-11)12-6-5-7-18-12/h5-7,9,15,17H,3-4,8,10H2,1-2H3. The maximum absolute atomic E-state index is 10.2. The van der Waals surface area contributed by atoms with E-state index in [4.69, 9.17) is 0 Å². The molecular weight excluding hydrogens is 276 g/mol. The van der Waals surface area contributed by atoms with Gasteiger partial charge in [0.2, 0.25) is 0 Å². The largest absolute Gasteiger partial charge is 0.389 e. The third-order valence-electron chi connectivity index (χ3n) is 3.36. The summed E-state index contributed by atoms with van der Waals surface area (Å²) in [7, 11) is 0. The minimum Gasteiger partial charge on any atom is -0.389 e. The Morgan fingerprint density at radius 3 is 2.79 bits per heavy atom. The van der Waals surface area contributed by atoms with Crippen molar-refractivity contribution in [1.29, 1.82) is 0 Å². The Labute approximate surface area is 122 Å². The van der Waals surface area contributed by atoms with Crippen LogP contribution in [0.15, 0.2) is 23.7 Å². The van der Waals surface area contributed by atoms with Crippen molar-refractivity contribution in [2.24, 2.45) is 0 Å². The number of thiophene rings is 1. The van der Waals surface area contributed by atoms with E-state index < -0.39 is 5.60 Å². The number of aromatic nitrogens is 1. The van der Waals surface area contributed by atoms with Gasteiger partial charge in [0, 0.05) is 24.2 Å². The zero-order valence-electron chi connectivity index (χ0n) is 11.3. The Bertz CT molecular complexity index is 489. The molecule has 2 N–H and O–H groups in total. The molecule has 0 saturated carbocycles. The maximum atomic E-state index is 10.2. The van der Waals surface area contributed by atoms with Gasteiger partial charge in [0.15, 0.2) is 0 Å². The van der Waals surface area contributed by atoms with Crippen molar-refractivity contribution in [2.75, 3.05) is 6.54 Å². The fourth-order valence-corrected chi connectivity index (χ4v) is 3.51. The SMILES string of the molecule is CCC(O)(CC)CNCc1cnc(-c2cccs2)s1. The molecular formula is C14H20N2OS2. The molecule has 0 aliphatic heterocycles. The average molecular weight is 296 g/mol. The molecule has 104 valence electrons. The summed E-state index contributed by atoms with van der Waals surface area (Å²) in [5, 5.41) is 16.7. The molecule has 2 rings (SSSR count). The molecule has 0 spiro atoms. The van der Waals surface area contributed by atoms with Gasteiger partial charge in [0.1, 0.15) is 5.01 Å². The summed E-state index contributed by atoms with van der Waals surface area (Å²) in [5.41, 5.74) is -0.582. The smallest absolute Gasteiger partial charge is 0.133 e. The van der Waals surface area contributed by atoms with E-state index in [9.17, 15) is 5.11 Å². The summed E-state index contributed by atoms with van der Waals surface area (Å²) in [5.74, 6) is 0. The Kier molecular flexibility index (Phi) is 5.10. The lowest BCUT2D eigenvalue weighted by atomic mass is 9.98. The van der Waals surface area contributed by atoms with Crippen molar-refractivity contribution in [3.63, 3.8) is 0 Å². The molecule has 0 aliphatic rings. The van der Waals surface area contributed by atoms with E-state index in [-0.39, 0.29) is 0 Å². The van der Waals surface area contributed by atoms with Crippen molar-refractivity contribution in [3.8, 4) is 9.88 Å². The summed E-state index contributed by atoms with van der Waals surface area (Å²) in [6, 6.07) is 4.13. The normalized spacial score (nSPS) is 11.9. The Balaban J connectivity index is 1.87. The van der Waals surface area contributed by atoms with Gasteiger partial charge in [-0.3, -0.25) is 0 Å². The second-order valence-corrected chi connectivity index (χ2v) is 6.71. The van der Waals surface area contributed by atoms with Crippen molar-refractivity contribution in [1.82, 2.24) is 10.3 Å². The molecule has 0 fully saturated rings. The number of aliphatic hydroxyl groups is 1. The predicted molar refractivity (Wildman–Crippen MR) is 82.7 cm³/mol. The molecule has 5 heteroatoms. The molecule has 0 unspecified atom stereocenters. The van der Waals surface area contributed by atoms with Gasteiger partial charge < -0.3 is 10.4 Å². The average Bonchev–Trinajstić information content (AvgIpc) is 3.09. The van der Waals surface area contributed by atoms with Crippen LogP contribution in [0.3, 0.4) is 0 Å². The third kappa shape index (κ3) is 3.86. The lowest BCUT2D eigenvalue weighted by molar-refractivity contribution is 0.0323. The summed E-state index contributed by atoms with van der Waals surface area (Å²) in [6.07, 6.45) is 3.48. The molecule has 0 amide bonds. The second-order valence-electron chi connectivity index (χ2n) is 4.64. The number of thiazole rings is 1. The molecule has 0 saturated heterocycles. The highest BCUT2D eigenvalue weighted by atomic mass is 32.1. The van der Waals surface area contributed by atoms with Crippen LogP contribution in [0.5, 0.6) is 0 Å². The minimum atomic E-state index is -0.582. The van der Waals surface area contributed by atoms with E-state index in [2.05, 4.69) is 21.7 Å². The minimum absolute atomic E-state index is 0.582. The highest BCUT2D eigenvalue weighted by Gasteiger charge is 2.21. The number of nitrogens with one attached hydrogen (secondary N) is 1. The van der Waals surface area contributed by atoms with Gasteiger partial charge in [0.25, 0.3) is 0 Å². The van der Waals surface area contributed by atoms with Crippen molar-refractivity contribution in [2.45, 2.75) is 38.8 Å². The zero-order valence-corrected chi connectivity index (χ0v) is 13.0. The number of hydrogen-bond acceptors (Lipinski definition) is 5. The van der Waals surface area contributed by atoms with Gasteiger partial charge in [-0.05, 0) is 24.3 Å². The first kappa shape index (κ1) is 14.7. The summed E-state index contributed by atoms with van der Waals surface area (Å²) in [4.78, 5) is 6.86. The molecule has 0 atom stereocenters. The van der Waals surface area contributed by atoms with Gasteiger partial charge in [-0.1, -0.05) is 19.9 Å². The van der Waals surface area contributed by atoms with Crippen LogP contribution >= 0.6 is 22.7 Å². The van der Waals surface area contributed by atoms with Gasteiger partial charge in [-0.15, -0.1) is 22.7 Å². The predicted octanol–water partition coefficient (Wildman–Crippen LogP) is 3.51. The number of hydrogen-bond donors (Lipinski definition) is 2. The van der Waals surface area contributed by atoms with Gasteiger partial charge in [-0.2, -0.15) is 0 Å². The first-order valence-corrected chi connectivity index (χ1v) is 8.28. The Morgan fingerprint density at radius 2 is 2.16 bits per heavy atom. The second kappa shape index (κ2) is 6.61. The fourth-order valence-electron chi connectivity index (χ4n) is 1.82. The van der Waals surface area contributed by atoms with Crippen LogP contribution in [0.4, 0.5) is 0 Å². The highest BCUT2D eigenvalue weighted by Crippen LogP contribution is 2.28. The van der Waals surface area contributed by atoms with E-state index in [1.165, 1.54) is 9.75 Å². The monoisotopic (exact) mass is 296 g/mol. The highest BCUT2D eigenvalue weighted by molar-refractivity contribution is 7.20. The van der Waals surface area contributed by atoms with E-state index >= 15 is 0 Å². The fraction of sp³-hybridized carbons (Fsp3) is 0.500. The van der Waals surface area contributed by atoms with E-state index in [1.807, 2.05) is 26.1 Å². The number of nitrogens with zero attached hydrogens (tertiary/aromatic N) is 1. The summed E-state index contributed by atoms with van der Waals surface area (Å²) in [6.45, 7) is 5.44. The molecule has 19 heavy (non-hydrogen) atoms. The zero-order chi connectivity index (χ0) is 13.7. The van der Waals surface area contributed by atoms with Gasteiger partial charge in [-0.25, -0.2) is 4.98 Å². The van der Waals surface area contributed by atoms with E-state index in [1.54, 1.807) is 22.7 Å². The van der Waals surface area contributed by atoms with Crippen LogP contribution in [-0.4, -0.2) is 22.2 Å².